The van der Waals surface area contributed by atoms with Crippen LogP contribution in [0.1, 0.15) is 54.5 Å². The van der Waals surface area contributed by atoms with Gasteiger partial charge < -0.3 is 5.32 Å². The van der Waals surface area contributed by atoms with Gasteiger partial charge in [0.2, 0.25) is 0 Å². The van der Waals surface area contributed by atoms with Crippen molar-refractivity contribution in [1.82, 2.24) is 5.32 Å². The summed E-state index contributed by atoms with van der Waals surface area (Å²) in [4.78, 5) is 0. The molecule has 1 saturated carbocycles. The highest BCUT2D eigenvalue weighted by Crippen LogP contribution is 2.27. The minimum Gasteiger partial charge on any atom is -0.310 e. The zero-order chi connectivity index (χ0) is 12.4. The van der Waals surface area contributed by atoms with E-state index in [1.54, 1.807) is 0 Å². The van der Waals surface area contributed by atoms with Crippen molar-refractivity contribution in [1.29, 1.82) is 0 Å². The topological polar surface area (TPSA) is 12.0 Å². The third kappa shape index (κ3) is 2.90. The quantitative estimate of drug-likeness (QED) is 0.824. The van der Waals surface area contributed by atoms with E-state index >= 15 is 0 Å². The molecular formula is C16H25N. The predicted octanol–water partition coefficient (Wildman–Crippen LogP) is 4.06. The number of benzene rings is 1. The van der Waals surface area contributed by atoms with Gasteiger partial charge in [-0.3, -0.25) is 0 Å². The summed E-state index contributed by atoms with van der Waals surface area (Å²) in [5, 5.41) is 3.69. The molecule has 1 fully saturated rings. The Hall–Kier alpha value is -0.820. The lowest BCUT2D eigenvalue weighted by Gasteiger charge is -2.28. The first kappa shape index (κ1) is 12.6. The molecule has 0 spiro atoms. The molecule has 17 heavy (non-hydrogen) atoms. The van der Waals surface area contributed by atoms with Gasteiger partial charge in [0.25, 0.3) is 0 Å². The Balaban J connectivity index is 2.01. The van der Waals surface area contributed by atoms with Crippen LogP contribution >= 0.6 is 0 Å². The molecular weight excluding hydrogens is 206 g/mol. The third-order valence-electron chi connectivity index (χ3n) is 4.29. The van der Waals surface area contributed by atoms with Gasteiger partial charge in [-0.2, -0.15) is 0 Å². The van der Waals surface area contributed by atoms with Gasteiger partial charge >= 0.3 is 0 Å². The second-order valence-electron chi connectivity index (χ2n) is 5.72. The predicted molar refractivity (Wildman–Crippen MR) is 74.4 cm³/mol. The molecule has 0 heterocycles. The molecule has 0 amide bonds. The van der Waals surface area contributed by atoms with Gasteiger partial charge in [-0.05, 0) is 75.3 Å². The molecule has 1 aliphatic rings. The van der Waals surface area contributed by atoms with Crippen molar-refractivity contribution in [2.45, 2.75) is 53.0 Å². The van der Waals surface area contributed by atoms with E-state index in [2.05, 4.69) is 45.1 Å². The van der Waals surface area contributed by atoms with Crippen LogP contribution in [0.15, 0.2) is 12.1 Å². The van der Waals surface area contributed by atoms with Crippen LogP contribution in [-0.2, 0) is 0 Å². The van der Waals surface area contributed by atoms with E-state index in [4.69, 9.17) is 0 Å². The molecule has 1 aromatic rings. The highest BCUT2D eigenvalue weighted by molar-refractivity contribution is 5.37. The van der Waals surface area contributed by atoms with Crippen LogP contribution in [0.25, 0.3) is 0 Å². The number of aryl methyl sites for hydroxylation is 3. The molecule has 0 bridgehead atoms. The fourth-order valence-electron chi connectivity index (χ4n) is 2.60. The SMILES string of the molecule is Cc1cc(C)c(C(C)NCC2CCC2)cc1C. The van der Waals surface area contributed by atoms with Crippen LogP contribution in [-0.4, -0.2) is 6.54 Å². The maximum atomic E-state index is 3.69. The fourth-order valence-corrected chi connectivity index (χ4v) is 2.60. The Kier molecular flexibility index (Phi) is 3.88. The molecule has 1 aromatic carbocycles. The standard InChI is InChI=1S/C16H25N/c1-11-8-13(3)16(9-12(11)2)14(4)17-10-15-6-5-7-15/h8-9,14-15,17H,5-7,10H2,1-4H3. The molecule has 0 aromatic heterocycles. The maximum Gasteiger partial charge on any atom is 0.0294 e. The van der Waals surface area contributed by atoms with Gasteiger partial charge in [-0.25, -0.2) is 0 Å². The van der Waals surface area contributed by atoms with Crippen molar-refractivity contribution in [2.75, 3.05) is 6.54 Å². The highest BCUT2D eigenvalue weighted by Gasteiger charge is 2.18. The molecule has 1 atom stereocenters. The van der Waals surface area contributed by atoms with Crippen LogP contribution in [0.5, 0.6) is 0 Å². The molecule has 0 aliphatic heterocycles. The van der Waals surface area contributed by atoms with Gasteiger partial charge in [-0.15, -0.1) is 0 Å². The molecule has 94 valence electrons. The third-order valence-corrected chi connectivity index (χ3v) is 4.29. The Bertz CT molecular complexity index is 391. The first-order valence-electron chi connectivity index (χ1n) is 6.89. The minimum atomic E-state index is 0.481. The smallest absolute Gasteiger partial charge is 0.0294 e. The lowest BCUT2D eigenvalue weighted by atomic mass is 9.85. The van der Waals surface area contributed by atoms with Crippen molar-refractivity contribution in [3.8, 4) is 0 Å². The molecule has 1 N–H and O–H groups in total. The molecule has 1 aliphatic carbocycles. The van der Waals surface area contributed by atoms with E-state index in [1.165, 1.54) is 48.1 Å². The number of nitrogens with one attached hydrogen (secondary N) is 1. The fraction of sp³-hybridized carbons (Fsp3) is 0.625. The molecule has 0 saturated heterocycles. The second kappa shape index (κ2) is 5.22. The molecule has 2 rings (SSSR count). The van der Waals surface area contributed by atoms with Crippen molar-refractivity contribution in [3.63, 3.8) is 0 Å². The normalized spacial score (nSPS) is 17.9. The van der Waals surface area contributed by atoms with E-state index in [0.29, 0.717) is 6.04 Å². The summed E-state index contributed by atoms with van der Waals surface area (Å²) < 4.78 is 0. The first-order chi connectivity index (χ1) is 8.08. The summed E-state index contributed by atoms with van der Waals surface area (Å²) >= 11 is 0. The average Bonchev–Trinajstić information content (AvgIpc) is 2.21. The van der Waals surface area contributed by atoms with E-state index in [0.717, 1.165) is 5.92 Å². The van der Waals surface area contributed by atoms with Crippen LogP contribution in [0, 0.1) is 26.7 Å². The second-order valence-corrected chi connectivity index (χ2v) is 5.72. The summed E-state index contributed by atoms with van der Waals surface area (Å²) in [5.74, 6) is 0.935. The van der Waals surface area contributed by atoms with Crippen molar-refractivity contribution in [2.24, 2.45) is 5.92 Å². The summed E-state index contributed by atoms with van der Waals surface area (Å²) in [6, 6.07) is 5.14. The summed E-state index contributed by atoms with van der Waals surface area (Å²) in [6.07, 6.45) is 4.28. The Morgan fingerprint density at radius 2 is 1.76 bits per heavy atom. The van der Waals surface area contributed by atoms with Crippen LogP contribution < -0.4 is 5.32 Å². The highest BCUT2D eigenvalue weighted by atomic mass is 14.9. The van der Waals surface area contributed by atoms with Gasteiger partial charge in [-0.1, -0.05) is 18.6 Å². The number of rotatable bonds is 4. The Morgan fingerprint density at radius 1 is 1.12 bits per heavy atom. The van der Waals surface area contributed by atoms with Crippen molar-refractivity contribution >= 4 is 0 Å². The zero-order valence-corrected chi connectivity index (χ0v) is 11.6. The van der Waals surface area contributed by atoms with Gasteiger partial charge in [0.15, 0.2) is 0 Å². The van der Waals surface area contributed by atoms with E-state index < -0.39 is 0 Å². The number of hydrogen-bond acceptors (Lipinski definition) is 1. The van der Waals surface area contributed by atoms with E-state index in [-0.39, 0.29) is 0 Å². The van der Waals surface area contributed by atoms with Crippen molar-refractivity contribution < 1.29 is 0 Å². The van der Waals surface area contributed by atoms with Gasteiger partial charge in [0.05, 0.1) is 0 Å². The largest absolute Gasteiger partial charge is 0.310 e. The summed E-state index contributed by atoms with van der Waals surface area (Å²) in [6.45, 7) is 10.1. The maximum absolute atomic E-state index is 3.69. The van der Waals surface area contributed by atoms with Crippen LogP contribution in [0.4, 0.5) is 0 Å². The average molecular weight is 231 g/mol. The molecule has 1 unspecified atom stereocenters. The van der Waals surface area contributed by atoms with Gasteiger partial charge in [0, 0.05) is 6.04 Å². The van der Waals surface area contributed by atoms with Crippen molar-refractivity contribution in [3.05, 3.63) is 34.4 Å². The monoisotopic (exact) mass is 231 g/mol. The van der Waals surface area contributed by atoms with E-state index in [9.17, 15) is 0 Å². The summed E-state index contributed by atoms with van der Waals surface area (Å²) in [7, 11) is 0. The molecule has 1 heteroatoms. The lowest BCUT2D eigenvalue weighted by molar-refractivity contribution is 0.292. The van der Waals surface area contributed by atoms with E-state index in [1.807, 2.05) is 0 Å². The Labute approximate surface area is 106 Å². The Morgan fingerprint density at radius 3 is 2.35 bits per heavy atom. The minimum absolute atomic E-state index is 0.481. The van der Waals surface area contributed by atoms with Gasteiger partial charge in [0.1, 0.15) is 0 Å². The van der Waals surface area contributed by atoms with Crippen LogP contribution in [0.3, 0.4) is 0 Å². The summed E-state index contributed by atoms with van der Waals surface area (Å²) in [5.41, 5.74) is 5.69. The molecule has 0 radical (unpaired) electrons. The van der Waals surface area contributed by atoms with Crippen LogP contribution in [0.2, 0.25) is 0 Å². The lowest BCUT2D eigenvalue weighted by Crippen LogP contribution is -2.29. The molecule has 1 nitrogen and oxygen atoms in total. The first-order valence-corrected chi connectivity index (χ1v) is 6.89. The zero-order valence-electron chi connectivity index (χ0n) is 11.6. The number of hydrogen-bond donors (Lipinski definition) is 1.